The summed E-state index contributed by atoms with van der Waals surface area (Å²) in [5.74, 6) is -1.25. The molecule has 4 N–H and O–H groups in total. The number of carbonyl (C=O) groups excluding carboxylic acids is 3. The molecule has 2 aromatic rings. The number of nitrogens with one attached hydrogen (secondary N) is 1. The van der Waals surface area contributed by atoms with E-state index in [1.807, 2.05) is 20.8 Å². The number of β-amino-alcohol motifs (C(OH)–C–C–N with tert-alkyl or cyclic N) is 1. The van der Waals surface area contributed by atoms with Crippen LogP contribution in [0.2, 0.25) is 0 Å². The number of aliphatic hydroxyl groups is 1. The van der Waals surface area contributed by atoms with Crippen molar-refractivity contribution in [2.45, 2.75) is 83.1 Å². The Morgan fingerprint density at radius 1 is 1.26 bits per heavy atom. The minimum Gasteiger partial charge on any atom is -0.391 e. The second-order valence-electron chi connectivity index (χ2n) is 11.0. The van der Waals surface area contributed by atoms with Crippen molar-refractivity contribution in [1.29, 1.82) is 0 Å². The molecule has 0 aromatic carbocycles. The Kier molecular flexibility index (Phi) is 6.43. The third kappa shape index (κ3) is 5.21. The molecule has 1 aliphatic heterocycles. The molecule has 0 spiro atoms. The summed E-state index contributed by atoms with van der Waals surface area (Å²) in [7, 11) is 0. The van der Waals surface area contributed by atoms with Gasteiger partial charge in [0.1, 0.15) is 17.6 Å². The maximum absolute atomic E-state index is 13.8. The minimum absolute atomic E-state index is 0.000120. The highest BCUT2D eigenvalue weighted by molar-refractivity contribution is 5.94. The Balaban J connectivity index is 1.57. The van der Waals surface area contributed by atoms with E-state index in [2.05, 4.69) is 20.7 Å². The lowest BCUT2D eigenvalue weighted by molar-refractivity contribution is -0.145. The second kappa shape index (κ2) is 9.06. The largest absolute Gasteiger partial charge is 0.391 e. The third-order valence-electron chi connectivity index (χ3n) is 6.69. The molecule has 1 saturated carbocycles. The van der Waals surface area contributed by atoms with Crippen LogP contribution in [0.25, 0.3) is 0 Å². The lowest BCUT2D eigenvalue weighted by atomic mass is 9.85. The molecular formula is C23H34N8O4. The van der Waals surface area contributed by atoms with Gasteiger partial charge >= 0.3 is 0 Å². The number of carbonyl (C=O) groups is 3. The van der Waals surface area contributed by atoms with Gasteiger partial charge in [0.15, 0.2) is 0 Å². The standard InChI is InChI=1S/C23H34N8O4/c1-22(2,3)18(31-12-16(27-28-31)14-6-7-14)20(34)30-11-15(32)10-17(30)19(33)26-23(4,21(24)35)13-29-9-5-8-25-29/h5,8-9,12,14-15,17-18,32H,6-7,10-11,13H2,1-4H3,(H2,24,35)(H,26,33)/t15-,17+,18-,23?/m1/s1. The number of nitrogens with two attached hydrogens (primary N) is 1. The summed E-state index contributed by atoms with van der Waals surface area (Å²) >= 11 is 0. The molecule has 3 heterocycles. The predicted molar refractivity (Wildman–Crippen MR) is 125 cm³/mol. The molecule has 3 amide bonds. The van der Waals surface area contributed by atoms with Crippen LogP contribution < -0.4 is 11.1 Å². The van der Waals surface area contributed by atoms with Gasteiger partial charge in [-0.1, -0.05) is 26.0 Å². The van der Waals surface area contributed by atoms with E-state index in [-0.39, 0.29) is 25.4 Å². The summed E-state index contributed by atoms with van der Waals surface area (Å²) in [4.78, 5) is 40.9. The smallest absolute Gasteiger partial charge is 0.248 e. The van der Waals surface area contributed by atoms with Crippen molar-refractivity contribution in [3.63, 3.8) is 0 Å². The van der Waals surface area contributed by atoms with Gasteiger partial charge in [-0.3, -0.25) is 19.1 Å². The molecule has 12 nitrogen and oxygen atoms in total. The molecule has 2 aromatic heterocycles. The van der Waals surface area contributed by atoms with E-state index in [1.54, 1.807) is 29.3 Å². The van der Waals surface area contributed by atoms with Crippen LogP contribution in [0.15, 0.2) is 24.7 Å². The van der Waals surface area contributed by atoms with Gasteiger partial charge < -0.3 is 21.1 Å². The monoisotopic (exact) mass is 486 g/mol. The van der Waals surface area contributed by atoms with Gasteiger partial charge in [0.2, 0.25) is 17.7 Å². The van der Waals surface area contributed by atoms with Crippen molar-refractivity contribution < 1.29 is 19.5 Å². The molecule has 0 bridgehead atoms. The van der Waals surface area contributed by atoms with Crippen LogP contribution in [0, 0.1) is 5.41 Å². The number of hydrogen-bond acceptors (Lipinski definition) is 7. The van der Waals surface area contributed by atoms with Gasteiger partial charge in [0.05, 0.1) is 18.3 Å². The lowest BCUT2D eigenvalue weighted by Gasteiger charge is -2.35. The first-order valence-electron chi connectivity index (χ1n) is 11.9. The van der Waals surface area contributed by atoms with Gasteiger partial charge in [-0.2, -0.15) is 5.10 Å². The molecule has 4 rings (SSSR count). The number of aromatic nitrogens is 5. The van der Waals surface area contributed by atoms with Crippen molar-refractivity contribution in [2.24, 2.45) is 11.1 Å². The van der Waals surface area contributed by atoms with Crippen LogP contribution in [0.3, 0.4) is 0 Å². The van der Waals surface area contributed by atoms with Gasteiger partial charge in [-0.25, -0.2) is 4.68 Å². The topological polar surface area (TPSA) is 161 Å². The van der Waals surface area contributed by atoms with Gasteiger partial charge in [-0.15, -0.1) is 5.10 Å². The van der Waals surface area contributed by atoms with E-state index in [9.17, 15) is 19.5 Å². The quantitative estimate of drug-likeness (QED) is 0.472. The molecule has 0 radical (unpaired) electrons. The molecule has 1 aliphatic carbocycles. The molecule has 2 fully saturated rings. The molecule has 2 aliphatic rings. The summed E-state index contributed by atoms with van der Waals surface area (Å²) in [5, 5.41) is 25.7. The van der Waals surface area contributed by atoms with Crippen LogP contribution >= 0.6 is 0 Å². The van der Waals surface area contributed by atoms with Crippen LogP contribution in [-0.4, -0.2) is 76.7 Å². The van der Waals surface area contributed by atoms with E-state index in [4.69, 9.17) is 5.73 Å². The van der Waals surface area contributed by atoms with Gasteiger partial charge in [0.25, 0.3) is 0 Å². The summed E-state index contributed by atoms with van der Waals surface area (Å²) < 4.78 is 3.07. The number of nitrogens with zero attached hydrogens (tertiary/aromatic N) is 6. The van der Waals surface area contributed by atoms with E-state index in [0.717, 1.165) is 18.5 Å². The van der Waals surface area contributed by atoms with E-state index >= 15 is 0 Å². The van der Waals surface area contributed by atoms with Crippen molar-refractivity contribution in [2.75, 3.05) is 6.54 Å². The molecule has 4 atom stereocenters. The van der Waals surface area contributed by atoms with E-state index in [0.29, 0.717) is 5.92 Å². The average Bonchev–Trinajstić information content (AvgIpc) is 3.12. The predicted octanol–water partition coefficient (Wildman–Crippen LogP) is -0.0386. The van der Waals surface area contributed by atoms with E-state index < -0.39 is 41.0 Å². The fourth-order valence-electron chi connectivity index (χ4n) is 4.58. The van der Waals surface area contributed by atoms with Crippen LogP contribution in [0.5, 0.6) is 0 Å². The fourth-order valence-corrected chi connectivity index (χ4v) is 4.58. The highest BCUT2D eigenvalue weighted by Crippen LogP contribution is 2.40. The third-order valence-corrected chi connectivity index (χ3v) is 6.69. The first-order valence-corrected chi connectivity index (χ1v) is 11.9. The number of amides is 3. The van der Waals surface area contributed by atoms with Gasteiger partial charge in [-0.05, 0) is 31.2 Å². The number of primary amides is 1. The summed E-state index contributed by atoms with van der Waals surface area (Å²) in [5.41, 5.74) is 4.50. The molecule has 12 heteroatoms. The number of aliphatic hydroxyl groups excluding tert-OH is 1. The van der Waals surface area contributed by atoms with Crippen LogP contribution in [0.1, 0.15) is 64.6 Å². The van der Waals surface area contributed by atoms with Crippen molar-refractivity contribution in [3.05, 3.63) is 30.4 Å². The number of likely N-dealkylation sites (tertiary alicyclic amines) is 1. The SMILES string of the molecule is CC(Cn1cccn1)(NC(=O)[C@@H]1C[C@@H](O)CN1C(=O)[C@@H](n1cc(C2CC2)nn1)C(C)(C)C)C(N)=O. The Labute approximate surface area is 203 Å². The Morgan fingerprint density at radius 3 is 2.54 bits per heavy atom. The number of hydrogen-bond donors (Lipinski definition) is 3. The zero-order chi connectivity index (χ0) is 25.5. The Hall–Kier alpha value is -3.28. The molecule has 1 unspecified atom stereocenters. The molecule has 1 saturated heterocycles. The normalized spacial score (nSPS) is 23.1. The average molecular weight is 487 g/mol. The Morgan fingerprint density at radius 2 is 1.97 bits per heavy atom. The molecule has 190 valence electrons. The van der Waals surface area contributed by atoms with Crippen molar-refractivity contribution in [1.82, 2.24) is 35.0 Å². The highest BCUT2D eigenvalue weighted by Gasteiger charge is 2.47. The zero-order valence-corrected chi connectivity index (χ0v) is 20.6. The second-order valence-corrected chi connectivity index (χ2v) is 11.0. The van der Waals surface area contributed by atoms with E-state index in [1.165, 1.54) is 16.5 Å². The van der Waals surface area contributed by atoms with Crippen molar-refractivity contribution in [3.8, 4) is 0 Å². The Bertz CT molecular complexity index is 1090. The zero-order valence-electron chi connectivity index (χ0n) is 20.6. The molecular weight excluding hydrogens is 452 g/mol. The highest BCUT2D eigenvalue weighted by atomic mass is 16.3. The maximum Gasteiger partial charge on any atom is 0.248 e. The summed E-state index contributed by atoms with van der Waals surface area (Å²) in [6, 6.07) is 0.00215. The van der Waals surface area contributed by atoms with Crippen LogP contribution in [0.4, 0.5) is 0 Å². The summed E-state index contributed by atoms with van der Waals surface area (Å²) in [6.45, 7) is 7.30. The first kappa shape index (κ1) is 24.8. The first-order chi connectivity index (χ1) is 16.4. The molecule has 35 heavy (non-hydrogen) atoms. The van der Waals surface area contributed by atoms with Crippen LogP contribution in [-0.2, 0) is 20.9 Å². The summed E-state index contributed by atoms with van der Waals surface area (Å²) in [6.07, 6.45) is 6.32. The number of rotatable bonds is 8. The van der Waals surface area contributed by atoms with Crippen molar-refractivity contribution >= 4 is 17.7 Å². The fraction of sp³-hybridized carbons (Fsp3) is 0.652. The minimum atomic E-state index is -1.44. The maximum atomic E-state index is 13.8. The van der Waals surface area contributed by atoms with Gasteiger partial charge in [0, 0.05) is 37.5 Å². The lowest BCUT2D eigenvalue weighted by Crippen LogP contribution is -2.61.